The van der Waals surface area contributed by atoms with E-state index in [2.05, 4.69) is 25.5 Å². The van der Waals surface area contributed by atoms with Crippen molar-refractivity contribution in [2.75, 3.05) is 31.5 Å². The summed E-state index contributed by atoms with van der Waals surface area (Å²) in [6.07, 6.45) is 0.854. The smallest absolute Gasteiger partial charge is 0.360 e. The van der Waals surface area contributed by atoms with E-state index in [0.717, 1.165) is 57.5 Å². The third-order valence-corrected chi connectivity index (χ3v) is 7.02. The molecule has 2 aromatic rings. The summed E-state index contributed by atoms with van der Waals surface area (Å²) in [7, 11) is 0. The number of aromatic nitrogens is 2. The van der Waals surface area contributed by atoms with Crippen LogP contribution in [0.15, 0.2) is 24.5 Å². The second kappa shape index (κ2) is 10.3. The van der Waals surface area contributed by atoms with E-state index in [-0.39, 0.29) is 35.6 Å². The molecule has 2 N–H and O–H groups in total. The zero-order valence-corrected chi connectivity index (χ0v) is 19.9. The molecule has 190 valence electrons. The van der Waals surface area contributed by atoms with Crippen molar-refractivity contribution >= 4 is 28.5 Å². The van der Waals surface area contributed by atoms with Crippen LogP contribution in [-0.4, -0.2) is 75.9 Å². The lowest BCUT2D eigenvalue weighted by Gasteiger charge is -2.47. The van der Waals surface area contributed by atoms with Crippen molar-refractivity contribution in [3.8, 4) is 0 Å². The first kappa shape index (κ1) is 25.2. The average Bonchev–Trinajstić information content (AvgIpc) is 2.79. The fraction of sp³-hybridized carbons (Fsp3) is 0.583. The van der Waals surface area contributed by atoms with Crippen molar-refractivity contribution < 1.29 is 22.8 Å². The number of fused-ring (bicyclic) bond motifs is 1. The van der Waals surface area contributed by atoms with E-state index in [0.29, 0.717) is 17.6 Å². The first-order chi connectivity index (χ1) is 16.7. The van der Waals surface area contributed by atoms with E-state index in [1.54, 1.807) is 6.92 Å². The summed E-state index contributed by atoms with van der Waals surface area (Å²) in [6.45, 7) is 5.83. The maximum Gasteiger partial charge on any atom is 0.416 e. The van der Waals surface area contributed by atoms with Crippen LogP contribution in [0.3, 0.4) is 0 Å². The van der Waals surface area contributed by atoms with Crippen molar-refractivity contribution in [3.63, 3.8) is 0 Å². The lowest BCUT2D eigenvalue weighted by molar-refractivity contribution is -0.137. The number of likely N-dealkylation sites (tertiary alicyclic amines) is 1. The van der Waals surface area contributed by atoms with Gasteiger partial charge in [-0.1, -0.05) is 0 Å². The van der Waals surface area contributed by atoms with Crippen LogP contribution in [0.4, 0.5) is 19.0 Å². The maximum absolute atomic E-state index is 13.1. The molecule has 2 fully saturated rings. The number of anilines is 1. The van der Waals surface area contributed by atoms with Gasteiger partial charge in [0.25, 0.3) is 0 Å². The van der Waals surface area contributed by atoms with Crippen LogP contribution in [0.1, 0.15) is 45.1 Å². The highest BCUT2D eigenvalue weighted by atomic mass is 19.4. The van der Waals surface area contributed by atoms with E-state index in [9.17, 15) is 22.8 Å². The van der Waals surface area contributed by atoms with Gasteiger partial charge < -0.3 is 15.5 Å². The molecule has 2 heterocycles. The topological polar surface area (TPSA) is 90.5 Å². The summed E-state index contributed by atoms with van der Waals surface area (Å²) in [4.78, 5) is 36.6. The van der Waals surface area contributed by atoms with Gasteiger partial charge in [0.15, 0.2) is 0 Å². The average molecular weight is 493 g/mol. The van der Waals surface area contributed by atoms with Crippen LogP contribution in [0.25, 0.3) is 10.9 Å². The van der Waals surface area contributed by atoms with Crippen LogP contribution in [-0.2, 0) is 15.8 Å². The normalized spacial score (nSPS) is 21.4. The Balaban J connectivity index is 1.23. The zero-order chi connectivity index (χ0) is 25.2. The maximum atomic E-state index is 13.1. The zero-order valence-electron chi connectivity index (χ0n) is 19.9. The number of halogens is 3. The SMILES string of the molecule is CCN(C(C)=O)C1CCC(N2CC(NC(=O)CNc3ncnc4ccc(C(F)(F)F)cc34)C2)CC1. The summed E-state index contributed by atoms with van der Waals surface area (Å²) in [5.41, 5.74) is -0.426. The molecule has 1 aromatic carbocycles. The highest BCUT2D eigenvalue weighted by Gasteiger charge is 2.36. The molecule has 4 rings (SSSR count). The Hall–Kier alpha value is -2.95. The molecule has 1 saturated heterocycles. The van der Waals surface area contributed by atoms with Gasteiger partial charge >= 0.3 is 6.18 Å². The molecule has 11 heteroatoms. The van der Waals surface area contributed by atoms with Gasteiger partial charge in [-0.15, -0.1) is 0 Å². The number of benzene rings is 1. The molecule has 1 aromatic heterocycles. The Morgan fingerprint density at radius 2 is 1.86 bits per heavy atom. The van der Waals surface area contributed by atoms with Gasteiger partial charge in [0.05, 0.1) is 23.7 Å². The van der Waals surface area contributed by atoms with E-state index in [1.807, 2.05) is 11.8 Å². The van der Waals surface area contributed by atoms with Crippen molar-refractivity contribution in [2.45, 2.75) is 63.8 Å². The Bertz CT molecular complexity index is 1060. The lowest BCUT2D eigenvalue weighted by atomic mass is 9.87. The monoisotopic (exact) mass is 492 g/mol. The van der Waals surface area contributed by atoms with E-state index in [4.69, 9.17) is 0 Å². The highest BCUT2D eigenvalue weighted by Crippen LogP contribution is 2.32. The first-order valence-corrected chi connectivity index (χ1v) is 12.0. The molecule has 1 saturated carbocycles. The van der Waals surface area contributed by atoms with E-state index < -0.39 is 11.7 Å². The third-order valence-electron chi connectivity index (χ3n) is 7.02. The summed E-state index contributed by atoms with van der Waals surface area (Å²) in [5, 5.41) is 6.03. The second-order valence-corrected chi connectivity index (χ2v) is 9.29. The van der Waals surface area contributed by atoms with Crippen molar-refractivity contribution in [3.05, 3.63) is 30.1 Å². The second-order valence-electron chi connectivity index (χ2n) is 9.29. The molecule has 8 nitrogen and oxygen atoms in total. The number of alkyl halides is 3. The lowest BCUT2D eigenvalue weighted by Crippen LogP contribution is -2.63. The first-order valence-electron chi connectivity index (χ1n) is 12.0. The fourth-order valence-electron chi connectivity index (χ4n) is 5.19. The predicted octanol–water partition coefficient (Wildman–Crippen LogP) is 3.04. The largest absolute Gasteiger partial charge is 0.416 e. The Morgan fingerprint density at radius 1 is 1.14 bits per heavy atom. The molecule has 0 radical (unpaired) electrons. The van der Waals surface area contributed by atoms with Gasteiger partial charge in [0.1, 0.15) is 12.1 Å². The third kappa shape index (κ3) is 5.83. The number of nitrogens with zero attached hydrogens (tertiary/aromatic N) is 4. The van der Waals surface area contributed by atoms with Gasteiger partial charge in [0.2, 0.25) is 11.8 Å². The molecule has 0 spiro atoms. The molecule has 2 aliphatic rings. The number of hydrogen-bond donors (Lipinski definition) is 2. The molecule has 0 atom stereocenters. The Morgan fingerprint density at radius 3 is 2.49 bits per heavy atom. The van der Waals surface area contributed by atoms with Crippen molar-refractivity contribution in [1.29, 1.82) is 0 Å². The number of nitrogens with one attached hydrogen (secondary N) is 2. The summed E-state index contributed by atoms with van der Waals surface area (Å²) in [5.74, 6) is 0.0825. The molecular formula is C24H31F3N6O2. The minimum atomic E-state index is -4.48. The molecule has 0 bridgehead atoms. The van der Waals surface area contributed by atoms with E-state index in [1.165, 1.54) is 12.4 Å². The van der Waals surface area contributed by atoms with Crippen molar-refractivity contribution in [2.24, 2.45) is 0 Å². The molecule has 1 aliphatic carbocycles. The van der Waals surface area contributed by atoms with Crippen LogP contribution >= 0.6 is 0 Å². The molecule has 35 heavy (non-hydrogen) atoms. The van der Waals surface area contributed by atoms with Crippen molar-refractivity contribution in [1.82, 2.24) is 25.1 Å². The van der Waals surface area contributed by atoms with Gasteiger partial charge in [0, 0.05) is 44.0 Å². The Kier molecular flexibility index (Phi) is 7.44. The minimum Gasteiger partial charge on any atom is -0.360 e. The van der Waals surface area contributed by atoms with Crippen LogP contribution < -0.4 is 10.6 Å². The summed E-state index contributed by atoms with van der Waals surface area (Å²) < 4.78 is 39.2. The van der Waals surface area contributed by atoms with Gasteiger partial charge in [-0.25, -0.2) is 9.97 Å². The summed E-state index contributed by atoms with van der Waals surface area (Å²) >= 11 is 0. The number of carbonyl (C=O) groups excluding carboxylic acids is 2. The Labute approximate surface area is 202 Å². The van der Waals surface area contributed by atoms with Crippen LogP contribution in [0.2, 0.25) is 0 Å². The number of amides is 2. The minimum absolute atomic E-state index is 0.0466. The van der Waals surface area contributed by atoms with Crippen LogP contribution in [0.5, 0.6) is 0 Å². The predicted molar refractivity (Wildman–Crippen MR) is 126 cm³/mol. The standard InChI is InChI=1S/C24H31F3N6O2/c1-3-33(15(2)34)19-7-5-18(6-8-19)32-12-17(13-32)31-22(35)11-28-23-20-10-16(24(25,26)27)4-9-21(20)29-14-30-23/h4,9-10,14,17-19H,3,5-8,11-13H2,1-2H3,(H,31,35)(H,28,29,30). The van der Waals surface area contributed by atoms with Gasteiger partial charge in [-0.2, -0.15) is 13.2 Å². The molecule has 2 amide bonds. The quantitative estimate of drug-likeness (QED) is 0.618. The van der Waals surface area contributed by atoms with Gasteiger partial charge in [-0.3, -0.25) is 14.5 Å². The van der Waals surface area contributed by atoms with Gasteiger partial charge in [-0.05, 0) is 50.8 Å². The highest BCUT2D eigenvalue weighted by molar-refractivity contribution is 5.91. The number of carbonyl (C=O) groups is 2. The summed E-state index contributed by atoms with van der Waals surface area (Å²) in [6, 6.07) is 4.10. The molecular weight excluding hydrogens is 461 g/mol. The number of hydrogen-bond acceptors (Lipinski definition) is 6. The number of rotatable bonds is 7. The van der Waals surface area contributed by atoms with E-state index >= 15 is 0 Å². The fourth-order valence-corrected chi connectivity index (χ4v) is 5.19. The molecule has 1 aliphatic heterocycles. The van der Waals surface area contributed by atoms with Crippen LogP contribution in [0, 0.1) is 0 Å². The molecule has 0 unspecified atom stereocenters.